The molecule has 0 atom stereocenters. The second kappa shape index (κ2) is 14.8. The molecule has 38 heavy (non-hydrogen) atoms. The Morgan fingerprint density at radius 3 is 2.21 bits per heavy atom. The van der Waals surface area contributed by atoms with Crippen LogP contribution in [0.5, 0.6) is 11.5 Å². The zero-order chi connectivity index (χ0) is 27.3. The van der Waals surface area contributed by atoms with Crippen molar-refractivity contribution in [2.45, 2.75) is 32.7 Å². The van der Waals surface area contributed by atoms with Crippen LogP contribution in [0.4, 0.5) is 0 Å². The van der Waals surface area contributed by atoms with Gasteiger partial charge in [-0.1, -0.05) is 36.4 Å². The number of rotatable bonds is 15. The van der Waals surface area contributed by atoms with Crippen LogP contribution >= 0.6 is 0 Å². The molecule has 0 saturated carbocycles. The van der Waals surface area contributed by atoms with Crippen molar-refractivity contribution in [2.75, 3.05) is 47.6 Å². The van der Waals surface area contributed by atoms with Crippen LogP contribution in [0.1, 0.15) is 29.1 Å². The first kappa shape index (κ1) is 28.8. The van der Waals surface area contributed by atoms with E-state index >= 15 is 0 Å². The number of aryl methyl sites for hydroxylation is 2. The fraction of sp³-hybridized carbons (Fsp3) is 0.400. The van der Waals surface area contributed by atoms with Gasteiger partial charge in [0.1, 0.15) is 11.5 Å². The molecule has 204 valence electrons. The largest absolute Gasteiger partial charge is 0.493 e. The van der Waals surface area contributed by atoms with Gasteiger partial charge in [0.15, 0.2) is 11.5 Å². The number of amides is 2. The number of ether oxygens (including phenoxy) is 3. The number of nitrogens with zero attached hydrogens (tertiary/aromatic N) is 2. The molecule has 0 aliphatic rings. The molecule has 2 amide bonds. The van der Waals surface area contributed by atoms with Crippen LogP contribution < -0.4 is 9.47 Å². The van der Waals surface area contributed by atoms with E-state index < -0.39 is 0 Å². The standard InChI is InChI=1S/C30H38N2O6/c1-23-10-13-26(38-23)21-31(17-16-25-11-14-27(36-3)28(20-25)37-4)30(34)22-32(18-19-35-2)29(33)15-12-24-8-6-5-7-9-24/h5-11,13-14,20H,12,15-19,21-22H2,1-4H3. The van der Waals surface area contributed by atoms with Crippen molar-refractivity contribution in [3.63, 3.8) is 0 Å². The zero-order valence-electron chi connectivity index (χ0n) is 22.8. The Morgan fingerprint density at radius 2 is 1.55 bits per heavy atom. The molecule has 8 nitrogen and oxygen atoms in total. The molecular formula is C30H38N2O6. The Labute approximate surface area is 225 Å². The topological polar surface area (TPSA) is 81.5 Å². The van der Waals surface area contributed by atoms with E-state index in [9.17, 15) is 9.59 Å². The Morgan fingerprint density at radius 1 is 0.789 bits per heavy atom. The highest BCUT2D eigenvalue weighted by atomic mass is 16.5. The van der Waals surface area contributed by atoms with Crippen molar-refractivity contribution in [3.8, 4) is 11.5 Å². The highest BCUT2D eigenvalue weighted by Gasteiger charge is 2.22. The van der Waals surface area contributed by atoms with Crippen LogP contribution in [0.25, 0.3) is 0 Å². The lowest BCUT2D eigenvalue weighted by atomic mass is 10.1. The van der Waals surface area contributed by atoms with E-state index in [4.69, 9.17) is 18.6 Å². The average Bonchev–Trinajstić information content (AvgIpc) is 3.36. The second-order valence-corrected chi connectivity index (χ2v) is 9.06. The third kappa shape index (κ3) is 8.66. The number of furan rings is 1. The summed E-state index contributed by atoms with van der Waals surface area (Å²) in [5.41, 5.74) is 2.09. The SMILES string of the molecule is COCCN(CC(=O)N(CCc1ccc(OC)c(OC)c1)Cc1ccc(C)o1)C(=O)CCc1ccccc1. The lowest BCUT2D eigenvalue weighted by Gasteiger charge is -2.27. The second-order valence-electron chi connectivity index (χ2n) is 9.06. The first-order chi connectivity index (χ1) is 18.4. The van der Waals surface area contributed by atoms with Gasteiger partial charge in [-0.25, -0.2) is 0 Å². The van der Waals surface area contributed by atoms with Crippen LogP contribution in [0.3, 0.4) is 0 Å². The summed E-state index contributed by atoms with van der Waals surface area (Å²) in [5.74, 6) is 2.54. The number of hydrogen-bond donors (Lipinski definition) is 0. The Bertz CT molecular complexity index is 1160. The third-order valence-electron chi connectivity index (χ3n) is 6.33. The molecule has 3 aromatic rings. The van der Waals surface area contributed by atoms with E-state index in [1.165, 1.54) is 0 Å². The van der Waals surface area contributed by atoms with E-state index in [1.54, 1.807) is 31.1 Å². The van der Waals surface area contributed by atoms with Gasteiger partial charge in [-0.15, -0.1) is 0 Å². The van der Waals surface area contributed by atoms with Crippen molar-refractivity contribution in [2.24, 2.45) is 0 Å². The molecule has 0 fully saturated rings. The number of methoxy groups -OCH3 is 3. The summed E-state index contributed by atoms with van der Waals surface area (Å²) in [7, 11) is 4.78. The molecule has 8 heteroatoms. The smallest absolute Gasteiger partial charge is 0.242 e. The Kier molecular flexibility index (Phi) is 11.2. The fourth-order valence-corrected chi connectivity index (χ4v) is 4.16. The van der Waals surface area contributed by atoms with Gasteiger partial charge in [0.25, 0.3) is 0 Å². The number of carbonyl (C=O) groups excluding carboxylic acids is 2. The summed E-state index contributed by atoms with van der Waals surface area (Å²) in [6, 6.07) is 19.3. The Hall–Kier alpha value is -3.78. The van der Waals surface area contributed by atoms with Crippen LogP contribution in [-0.4, -0.2) is 69.2 Å². The molecule has 0 N–H and O–H groups in total. The van der Waals surface area contributed by atoms with Gasteiger partial charge in [-0.2, -0.15) is 0 Å². The lowest BCUT2D eigenvalue weighted by molar-refractivity contribution is -0.141. The van der Waals surface area contributed by atoms with Gasteiger partial charge in [0.2, 0.25) is 11.8 Å². The number of benzene rings is 2. The van der Waals surface area contributed by atoms with Gasteiger partial charge < -0.3 is 28.4 Å². The first-order valence-electron chi connectivity index (χ1n) is 12.8. The van der Waals surface area contributed by atoms with Crippen LogP contribution in [0.2, 0.25) is 0 Å². The molecule has 3 rings (SSSR count). The predicted octanol–water partition coefficient (Wildman–Crippen LogP) is 4.28. The van der Waals surface area contributed by atoms with Crippen molar-refractivity contribution >= 4 is 11.8 Å². The van der Waals surface area contributed by atoms with Crippen molar-refractivity contribution in [3.05, 3.63) is 83.3 Å². The molecule has 0 radical (unpaired) electrons. The molecule has 1 aromatic heterocycles. The van der Waals surface area contributed by atoms with E-state index in [-0.39, 0.29) is 18.4 Å². The van der Waals surface area contributed by atoms with Crippen LogP contribution in [-0.2, 0) is 33.7 Å². The highest BCUT2D eigenvalue weighted by Crippen LogP contribution is 2.28. The molecule has 0 aliphatic heterocycles. The number of carbonyl (C=O) groups is 2. The molecule has 0 bridgehead atoms. The Balaban J connectivity index is 1.71. The molecule has 1 heterocycles. The van der Waals surface area contributed by atoms with Crippen molar-refractivity contribution in [1.82, 2.24) is 9.80 Å². The highest BCUT2D eigenvalue weighted by molar-refractivity contribution is 5.85. The zero-order valence-corrected chi connectivity index (χ0v) is 22.8. The number of hydrogen-bond acceptors (Lipinski definition) is 6. The summed E-state index contributed by atoms with van der Waals surface area (Å²) in [4.78, 5) is 30.0. The van der Waals surface area contributed by atoms with E-state index in [1.807, 2.05) is 67.6 Å². The monoisotopic (exact) mass is 522 g/mol. The third-order valence-corrected chi connectivity index (χ3v) is 6.33. The summed E-state index contributed by atoms with van der Waals surface area (Å²) >= 11 is 0. The van der Waals surface area contributed by atoms with Crippen molar-refractivity contribution in [1.29, 1.82) is 0 Å². The molecule has 0 unspecified atom stereocenters. The summed E-state index contributed by atoms with van der Waals surface area (Å²) in [6.07, 6.45) is 1.54. The molecular weight excluding hydrogens is 484 g/mol. The van der Waals surface area contributed by atoms with E-state index in [0.29, 0.717) is 62.8 Å². The maximum absolute atomic E-state index is 13.6. The lowest BCUT2D eigenvalue weighted by Crippen LogP contribution is -2.44. The first-order valence-corrected chi connectivity index (χ1v) is 12.8. The molecule has 2 aromatic carbocycles. The minimum absolute atomic E-state index is 0.0252. The molecule has 0 saturated heterocycles. The minimum atomic E-state index is -0.149. The predicted molar refractivity (Wildman–Crippen MR) is 145 cm³/mol. The van der Waals surface area contributed by atoms with Gasteiger partial charge in [0.05, 0.1) is 33.9 Å². The van der Waals surface area contributed by atoms with Gasteiger partial charge in [-0.3, -0.25) is 9.59 Å². The van der Waals surface area contributed by atoms with Gasteiger partial charge in [-0.05, 0) is 55.2 Å². The van der Waals surface area contributed by atoms with Gasteiger partial charge >= 0.3 is 0 Å². The van der Waals surface area contributed by atoms with E-state index in [0.717, 1.165) is 16.9 Å². The molecule has 0 aliphatic carbocycles. The van der Waals surface area contributed by atoms with Crippen molar-refractivity contribution < 1.29 is 28.2 Å². The fourth-order valence-electron chi connectivity index (χ4n) is 4.16. The van der Waals surface area contributed by atoms with Gasteiger partial charge in [0, 0.05) is 26.6 Å². The van der Waals surface area contributed by atoms with Crippen LogP contribution in [0.15, 0.2) is 65.1 Å². The quantitative estimate of drug-likeness (QED) is 0.296. The maximum Gasteiger partial charge on any atom is 0.242 e. The summed E-state index contributed by atoms with van der Waals surface area (Å²) in [6.45, 7) is 3.31. The van der Waals surface area contributed by atoms with E-state index in [2.05, 4.69) is 0 Å². The summed E-state index contributed by atoms with van der Waals surface area (Å²) < 4.78 is 21.7. The average molecular weight is 523 g/mol. The normalized spacial score (nSPS) is 10.7. The molecule has 0 spiro atoms. The summed E-state index contributed by atoms with van der Waals surface area (Å²) in [5, 5.41) is 0. The van der Waals surface area contributed by atoms with Crippen LogP contribution in [0, 0.1) is 6.92 Å². The minimum Gasteiger partial charge on any atom is -0.493 e. The maximum atomic E-state index is 13.6.